The minimum Gasteiger partial charge on any atom is -0.502 e. The van der Waals surface area contributed by atoms with Gasteiger partial charge in [0.25, 0.3) is 5.91 Å². The molecule has 1 heterocycles. The van der Waals surface area contributed by atoms with Gasteiger partial charge in [-0.1, -0.05) is 17.7 Å². The van der Waals surface area contributed by atoms with E-state index in [4.69, 9.17) is 11.6 Å². The molecule has 2 N–H and O–H groups in total. The molecule has 8 heteroatoms. The van der Waals surface area contributed by atoms with Crippen molar-refractivity contribution in [3.63, 3.8) is 0 Å². The summed E-state index contributed by atoms with van der Waals surface area (Å²) in [6.45, 7) is 0. The average Bonchev–Trinajstić information content (AvgIpc) is 2.41. The molecule has 1 aromatic heterocycles. The lowest BCUT2D eigenvalue weighted by atomic mass is 10.1. The van der Waals surface area contributed by atoms with E-state index in [0.29, 0.717) is 5.02 Å². The lowest BCUT2D eigenvalue weighted by Gasteiger charge is -2.06. The van der Waals surface area contributed by atoms with E-state index in [1.807, 2.05) is 0 Å². The maximum absolute atomic E-state index is 11.9. The van der Waals surface area contributed by atoms with Gasteiger partial charge in [0.05, 0.1) is 15.5 Å². The summed E-state index contributed by atoms with van der Waals surface area (Å²) in [4.78, 5) is 25.7. The number of hydrogen-bond acceptors (Lipinski definition) is 5. The number of nitrogens with one attached hydrogen (secondary N) is 1. The van der Waals surface area contributed by atoms with Crippen LogP contribution in [0.4, 0.5) is 11.5 Å². The summed E-state index contributed by atoms with van der Waals surface area (Å²) >= 11 is 5.66. The van der Waals surface area contributed by atoms with Crippen LogP contribution in [0, 0.1) is 10.1 Å². The molecule has 0 fully saturated rings. The van der Waals surface area contributed by atoms with Crippen LogP contribution in [0.2, 0.25) is 5.02 Å². The van der Waals surface area contributed by atoms with Crippen molar-refractivity contribution in [3.05, 3.63) is 57.2 Å². The Morgan fingerprint density at radius 3 is 2.70 bits per heavy atom. The molecule has 0 aliphatic rings. The molecule has 0 aliphatic carbocycles. The third kappa shape index (κ3) is 2.83. The molecule has 0 spiro atoms. The zero-order chi connectivity index (χ0) is 14.7. The highest BCUT2D eigenvalue weighted by Crippen LogP contribution is 2.29. The van der Waals surface area contributed by atoms with Crippen LogP contribution in [0.25, 0.3) is 0 Å². The Balaban J connectivity index is 2.28. The summed E-state index contributed by atoms with van der Waals surface area (Å²) < 4.78 is 0. The van der Waals surface area contributed by atoms with Crippen molar-refractivity contribution in [3.8, 4) is 5.75 Å². The van der Waals surface area contributed by atoms with Crippen molar-refractivity contribution in [1.29, 1.82) is 0 Å². The van der Waals surface area contributed by atoms with Crippen molar-refractivity contribution < 1.29 is 14.8 Å². The van der Waals surface area contributed by atoms with Crippen LogP contribution < -0.4 is 5.32 Å². The molecule has 20 heavy (non-hydrogen) atoms. The quantitative estimate of drug-likeness (QED) is 0.668. The van der Waals surface area contributed by atoms with Gasteiger partial charge in [0.15, 0.2) is 0 Å². The maximum atomic E-state index is 11.9. The van der Waals surface area contributed by atoms with Gasteiger partial charge in [-0.25, -0.2) is 4.98 Å². The number of halogens is 1. The number of aromatic nitrogens is 1. The number of nitro groups is 1. The van der Waals surface area contributed by atoms with Gasteiger partial charge >= 0.3 is 5.69 Å². The van der Waals surface area contributed by atoms with Gasteiger partial charge in [-0.3, -0.25) is 14.9 Å². The van der Waals surface area contributed by atoms with Gasteiger partial charge in [0.1, 0.15) is 5.82 Å². The third-order valence-electron chi connectivity index (χ3n) is 2.43. The fraction of sp³-hybridized carbons (Fsp3) is 0. The van der Waals surface area contributed by atoms with E-state index < -0.39 is 22.3 Å². The Kier molecular flexibility index (Phi) is 3.81. The topological polar surface area (TPSA) is 105 Å². The molecule has 0 aliphatic heterocycles. The second kappa shape index (κ2) is 5.54. The zero-order valence-electron chi connectivity index (χ0n) is 9.91. The van der Waals surface area contributed by atoms with Gasteiger partial charge in [-0.05, 0) is 18.2 Å². The van der Waals surface area contributed by atoms with E-state index in [1.54, 1.807) is 0 Å². The zero-order valence-corrected chi connectivity index (χ0v) is 10.7. The van der Waals surface area contributed by atoms with Gasteiger partial charge < -0.3 is 10.4 Å². The lowest BCUT2D eigenvalue weighted by molar-refractivity contribution is -0.385. The highest BCUT2D eigenvalue weighted by molar-refractivity contribution is 6.30. The normalized spacial score (nSPS) is 10.1. The van der Waals surface area contributed by atoms with E-state index in [0.717, 1.165) is 6.07 Å². The first-order valence-corrected chi connectivity index (χ1v) is 5.76. The van der Waals surface area contributed by atoms with Crippen molar-refractivity contribution in [2.75, 3.05) is 5.32 Å². The molecule has 0 bridgehead atoms. The monoisotopic (exact) mass is 293 g/mol. The van der Waals surface area contributed by atoms with E-state index in [1.165, 1.54) is 30.5 Å². The number of aromatic hydroxyl groups is 1. The Morgan fingerprint density at radius 2 is 2.10 bits per heavy atom. The third-order valence-corrected chi connectivity index (χ3v) is 2.65. The average molecular weight is 294 g/mol. The van der Waals surface area contributed by atoms with E-state index in [-0.39, 0.29) is 11.4 Å². The number of anilines is 1. The largest absolute Gasteiger partial charge is 0.502 e. The van der Waals surface area contributed by atoms with E-state index >= 15 is 0 Å². The fourth-order valence-corrected chi connectivity index (χ4v) is 1.61. The van der Waals surface area contributed by atoms with Gasteiger partial charge in [0, 0.05) is 12.3 Å². The van der Waals surface area contributed by atoms with Crippen LogP contribution >= 0.6 is 11.6 Å². The molecule has 2 rings (SSSR count). The van der Waals surface area contributed by atoms with Crippen molar-refractivity contribution in [2.24, 2.45) is 0 Å². The number of nitro benzene ring substituents is 1. The van der Waals surface area contributed by atoms with E-state index in [2.05, 4.69) is 10.3 Å². The number of rotatable bonds is 3. The maximum Gasteiger partial charge on any atom is 0.311 e. The van der Waals surface area contributed by atoms with Gasteiger partial charge in [-0.2, -0.15) is 0 Å². The number of phenolic OH excluding ortho intramolecular Hbond substituents is 1. The number of amides is 1. The summed E-state index contributed by atoms with van der Waals surface area (Å²) in [5.74, 6) is -1.18. The number of carbonyl (C=O) groups is 1. The van der Waals surface area contributed by atoms with Crippen LogP contribution in [0.3, 0.4) is 0 Å². The molecule has 0 unspecified atom stereocenters. The molecule has 1 amide bonds. The second-order valence-corrected chi connectivity index (χ2v) is 4.18. The lowest BCUT2D eigenvalue weighted by Crippen LogP contribution is -2.13. The first-order valence-electron chi connectivity index (χ1n) is 5.38. The first-order chi connectivity index (χ1) is 9.49. The van der Waals surface area contributed by atoms with Crippen LogP contribution in [0.1, 0.15) is 10.4 Å². The molecular formula is C12H8ClN3O4. The van der Waals surface area contributed by atoms with Crippen LogP contribution in [0.15, 0.2) is 36.5 Å². The predicted octanol–water partition coefficient (Wildman–Crippen LogP) is 2.60. The number of benzene rings is 1. The number of hydrogen-bond donors (Lipinski definition) is 2. The number of pyridine rings is 1. The molecule has 0 atom stereocenters. The van der Waals surface area contributed by atoms with Crippen LogP contribution in [-0.2, 0) is 0 Å². The van der Waals surface area contributed by atoms with Crippen molar-refractivity contribution >= 4 is 29.0 Å². The minimum absolute atomic E-state index is 0.212. The van der Waals surface area contributed by atoms with Gasteiger partial charge in [-0.15, -0.1) is 0 Å². The molecule has 102 valence electrons. The number of para-hydroxylation sites is 1. The summed E-state index contributed by atoms with van der Waals surface area (Å²) in [6, 6.07) is 6.67. The summed E-state index contributed by atoms with van der Waals surface area (Å²) in [5, 5.41) is 23.2. The summed E-state index contributed by atoms with van der Waals surface area (Å²) in [5.41, 5.74) is -0.752. The number of phenols is 1. The number of carbonyl (C=O) groups excluding carboxylic acids is 1. The molecule has 2 aromatic rings. The molecular weight excluding hydrogens is 286 g/mol. The summed E-state index contributed by atoms with van der Waals surface area (Å²) in [6.07, 6.45) is 1.34. The standard InChI is InChI=1S/C12H8ClN3O4/c13-7-4-5-10(14-6-7)15-12(18)8-2-1-3-9(11(8)17)16(19)20/h1-6,17H,(H,14,15,18). The highest BCUT2D eigenvalue weighted by atomic mass is 35.5. The van der Waals surface area contributed by atoms with Crippen LogP contribution in [0.5, 0.6) is 5.75 Å². The Morgan fingerprint density at radius 1 is 1.35 bits per heavy atom. The number of nitrogens with zero attached hydrogens (tertiary/aromatic N) is 2. The van der Waals surface area contributed by atoms with Crippen LogP contribution in [-0.4, -0.2) is 20.9 Å². The smallest absolute Gasteiger partial charge is 0.311 e. The van der Waals surface area contributed by atoms with E-state index in [9.17, 15) is 20.0 Å². The minimum atomic E-state index is -0.771. The highest BCUT2D eigenvalue weighted by Gasteiger charge is 2.21. The Labute approximate surface area is 118 Å². The molecule has 0 radical (unpaired) electrons. The molecule has 7 nitrogen and oxygen atoms in total. The SMILES string of the molecule is O=C(Nc1ccc(Cl)cn1)c1cccc([N+](=O)[O-])c1O. The van der Waals surface area contributed by atoms with Gasteiger partial charge in [0.2, 0.25) is 5.75 Å². The Hall–Kier alpha value is -2.67. The molecule has 1 aromatic carbocycles. The first kappa shape index (κ1) is 13.8. The molecule has 0 saturated heterocycles. The van der Waals surface area contributed by atoms with Crippen molar-refractivity contribution in [1.82, 2.24) is 4.98 Å². The van der Waals surface area contributed by atoms with Crippen molar-refractivity contribution in [2.45, 2.75) is 0 Å². The summed E-state index contributed by atoms with van der Waals surface area (Å²) in [7, 11) is 0. The predicted molar refractivity (Wildman–Crippen MR) is 72.0 cm³/mol. The molecule has 0 saturated carbocycles. The second-order valence-electron chi connectivity index (χ2n) is 3.75. The fourth-order valence-electron chi connectivity index (χ4n) is 1.50. The Bertz CT molecular complexity index is 673.